The first-order valence-electron chi connectivity index (χ1n) is 6.57. The van der Waals surface area contributed by atoms with E-state index in [1.54, 1.807) is 18.2 Å². The van der Waals surface area contributed by atoms with Crippen LogP contribution in [0.25, 0.3) is 0 Å². The van der Waals surface area contributed by atoms with E-state index in [9.17, 15) is 14.5 Å². The van der Waals surface area contributed by atoms with Gasteiger partial charge in [-0.2, -0.15) is 0 Å². The van der Waals surface area contributed by atoms with Gasteiger partial charge in [0, 0.05) is 29.8 Å². The molecule has 21 heavy (non-hydrogen) atoms. The summed E-state index contributed by atoms with van der Waals surface area (Å²) in [7, 11) is 0. The Balaban J connectivity index is 1.83. The predicted molar refractivity (Wildman–Crippen MR) is 76.0 cm³/mol. The van der Waals surface area contributed by atoms with Gasteiger partial charge in [0.2, 0.25) is 0 Å². The number of halogens is 1. The summed E-state index contributed by atoms with van der Waals surface area (Å²) in [6.45, 7) is 0.429. The average molecular weight is 288 g/mol. The third kappa shape index (κ3) is 2.65. The second-order valence-corrected chi connectivity index (χ2v) is 4.80. The minimum absolute atomic E-state index is 0.0407. The number of nitro groups is 1. The lowest BCUT2D eigenvalue weighted by molar-refractivity contribution is -0.384. The number of benzene rings is 2. The lowest BCUT2D eigenvalue weighted by Gasteiger charge is -2.27. The molecule has 2 aromatic carbocycles. The van der Waals surface area contributed by atoms with Crippen molar-refractivity contribution in [2.45, 2.75) is 12.5 Å². The van der Waals surface area contributed by atoms with Crippen LogP contribution >= 0.6 is 0 Å². The van der Waals surface area contributed by atoms with E-state index in [4.69, 9.17) is 4.74 Å². The molecule has 5 nitrogen and oxygen atoms in total. The van der Waals surface area contributed by atoms with Crippen molar-refractivity contribution in [3.05, 3.63) is 64.0 Å². The smallest absolute Gasteiger partial charge is 0.269 e. The monoisotopic (exact) mass is 288 g/mol. The third-order valence-electron chi connectivity index (χ3n) is 3.44. The van der Waals surface area contributed by atoms with E-state index in [2.05, 4.69) is 5.32 Å². The summed E-state index contributed by atoms with van der Waals surface area (Å²) in [5.74, 6) is -0.0918. The number of ether oxygens (including phenoxy) is 1. The largest absolute Gasteiger partial charge is 0.490 e. The van der Waals surface area contributed by atoms with E-state index in [1.165, 1.54) is 18.2 Å². The molecule has 2 aromatic rings. The molecule has 0 unspecified atom stereocenters. The first-order chi connectivity index (χ1) is 10.1. The van der Waals surface area contributed by atoms with E-state index in [-0.39, 0.29) is 23.3 Å². The first kappa shape index (κ1) is 13.4. The molecule has 0 aliphatic carbocycles. The lowest BCUT2D eigenvalue weighted by atomic mass is 10.00. The molecule has 0 amide bonds. The van der Waals surface area contributed by atoms with Gasteiger partial charge in [0.05, 0.1) is 17.6 Å². The van der Waals surface area contributed by atoms with Crippen LogP contribution in [-0.4, -0.2) is 11.5 Å². The number of nitrogens with one attached hydrogen (secondary N) is 1. The van der Waals surface area contributed by atoms with E-state index < -0.39 is 4.92 Å². The van der Waals surface area contributed by atoms with Crippen molar-refractivity contribution in [1.82, 2.24) is 0 Å². The molecule has 3 rings (SSSR count). The molecule has 6 heteroatoms. The Morgan fingerprint density at radius 3 is 2.71 bits per heavy atom. The van der Waals surface area contributed by atoms with E-state index in [0.29, 0.717) is 13.0 Å². The van der Waals surface area contributed by atoms with E-state index in [0.717, 1.165) is 11.3 Å². The van der Waals surface area contributed by atoms with Gasteiger partial charge >= 0.3 is 0 Å². The average Bonchev–Trinajstić information content (AvgIpc) is 2.49. The van der Waals surface area contributed by atoms with Crippen LogP contribution in [0, 0.1) is 15.9 Å². The van der Waals surface area contributed by atoms with Crippen molar-refractivity contribution in [1.29, 1.82) is 0 Å². The van der Waals surface area contributed by atoms with Crippen molar-refractivity contribution in [3.63, 3.8) is 0 Å². The van der Waals surface area contributed by atoms with Crippen LogP contribution < -0.4 is 10.1 Å². The number of para-hydroxylation sites is 1. The molecule has 0 saturated carbocycles. The summed E-state index contributed by atoms with van der Waals surface area (Å²) in [6, 6.07) is 10.9. The summed E-state index contributed by atoms with van der Waals surface area (Å²) < 4.78 is 19.1. The molecular formula is C15H13FN2O3. The first-order valence-corrected chi connectivity index (χ1v) is 6.57. The molecule has 1 N–H and O–H groups in total. The Labute approximate surface area is 120 Å². The fourth-order valence-corrected chi connectivity index (χ4v) is 2.42. The molecule has 0 radical (unpaired) electrons. The van der Waals surface area contributed by atoms with Gasteiger partial charge in [0.25, 0.3) is 5.69 Å². The molecule has 0 spiro atoms. The zero-order valence-electron chi connectivity index (χ0n) is 11.1. The molecule has 108 valence electrons. The Kier molecular flexibility index (Phi) is 3.43. The fourth-order valence-electron chi connectivity index (χ4n) is 2.42. The maximum atomic E-state index is 13.7. The Hall–Kier alpha value is -2.63. The number of rotatable bonds is 3. The minimum atomic E-state index is -0.442. The van der Waals surface area contributed by atoms with Gasteiger partial charge in [-0.3, -0.25) is 10.1 Å². The van der Waals surface area contributed by atoms with Gasteiger partial charge < -0.3 is 10.1 Å². The van der Waals surface area contributed by atoms with Crippen molar-refractivity contribution >= 4 is 11.4 Å². The number of nitrogens with zero attached hydrogens (tertiary/aromatic N) is 1. The minimum Gasteiger partial charge on any atom is -0.490 e. The summed E-state index contributed by atoms with van der Waals surface area (Å²) in [5, 5.41) is 13.9. The number of fused-ring (bicyclic) bond motifs is 1. The van der Waals surface area contributed by atoms with Crippen LogP contribution in [0.15, 0.2) is 42.5 Å². The maximum Gasteiger partial charge on any atom is 0.269 e. The number of nitro benzene ring substituents is 1. The van der Waals surface area contributed by atoms with Crippen LogP contribution in [0.3, 0.4) is 0 Å². The number of hydrogen-bond acceptors (Lipinski definition) is 4. The number of hydrogen-bond donors (Lipinski definition) is 1. The van der Waals surface area contributed by atoms with Crippen molar-refractivity contribution < 1.29 is 14.1 Å². The summed E-state index contributed by atoms with van der Waals surface area (Å²) in [5.41, 5.74) is 1.56. The Morgan fingerprint density at radius 2 is 2.00 bits per heavy atom. The number of non-ortho nitro benzene ring substituents is 1. The SMILES string of the molecule is O=[N+]([O-])c1ccc(N[C@H]2CCOc3c(F)cccc32)cc1. The predicted octanol–water partition coefficient (Wildman–Crippen LogP) is 3.67. The lowest BCUT2D eigenvalue weighted by Crippen LogP contribution is -2.21. The highest BCUT2D eigenvalue weighted by molar-refractivity contribution is 5.52. The molecular weight excluding hydrogens is 275 g/mol. The highest BCUT2D eigenvalue weighted by atomic mass is 19.1. The van der Waals surface area contributed by atoms with E-state index >= 15 is 0 Å². The second kappa shape index (κ2) is 5.40. The van der Waals surface area contributed by atoms with Gasteiger partial charge in [-0.1, -0.05) is 12.1 Å². The molecule has 0 saturated heterocycles. The highest BCUT2D eigenvalue weighted by Gasteiger charge is 2.23. The van der Waals surface area contributed by atoms with Gasteiger partial charge in [-0.05, 0) is 18.2 Å². The molecule has 1 heterocycles. The maximum absolute atomic E-state index is 13.7. The zero-order chi connectivity index (χ0) is 14.8. The summed E-state index contributed by atoms with van der Waals surface area (Å²) in [6.07, 6.45) is 0.702. The third-order valence-corrected chi connectivity index (χ3v) is 3.44. The fraction of sp³-hybridized carbons (Fsp3) is 0.200. The molecule has 1 atom stereocenters. The van der Waals surface area contributed by atoms with Crippen LogP contribution in [0.4, 0.5) is 15.8 Å². The van der Waals surface area contributed by atoms with Crippen LogP contribution in [-0.2, 0) is 0 Å². The van der Waals surface area contributed by atoms with Crippen molar-refractivity contribution in [3.8, 4) is 5.75 Å². The summed E-state index contributed by atoms with van der Waals surface area (Å²) in [4.78, 5) is 10.2. The van der Waals surface area contributed by atoms with Crippen LogP contribution in [0.2, 0.25) is 0 Å². The molecule has 0 fully saturated rings. The van der Waals surface area contributed by atoms with Crippen LogP contribution in [0.5, 0.6) is 5.75 Å². The molecule has 0 aromatic heterocycles. The highest BCUT2D eigenvalue weighted by Crippen LogP contribution is 2.36. The van der Waals surface area contributed by atoms with Crippen LogP contribution in [0.1, 0.15) is 18.0 Å². The van der Waals surface area contributed by atoms with Gasteiger partial charge in [-0.25, -0.2) is 4.39 Å². The number of anilines is 1. The standard InChI is InChI=1S/C15H13FN2O3/c16-13-3-1-2-12-14(8-9-21-15(12)13)17-10-4-6-11(7-5-10)18(19)20/h1-7,14,17H,8-9H2/t14-/m0/s1. The topological polar surface area (TPSA) is 64.4 Å². The molecule has 1 aliphatic heterocycles. The zero-order valence-corrected chi connectivity index (χ0v) is 11.1. The Bertz CT molecular complexity index is 673. The van der Waals surface area contributed by atoms with Crippen molar-refractivity contribution in [2.75, 3.05) is 11.9 Å². The van der Waals surface area contributed by atoms with Gasteiger partial charge in [0.15, 0.2) is 11.6 Å². The second-order valence-electron chi connectivity index (χ2n) is 4.80. The van der Waals surface area contributed by atoms with Crippen molar-refractivity contribution in [2.24, 2.45) is 0 Å². The Morgan fingerprint density at radius 1 is 1.24 bits per heavy atom. The summed E-state index contributed by atoms with van der Waals surface area (Å²) >= 11 is 0. The van der Waals surface area contributed by atoms with Gasteiger partial charge in [-0.15, -0.1) is 0 Å². The molecule has 0 bridgehead atoms. The quantitative estimate of drug-likeness (QED) is 0.691. The van der Waals surface area contributed by atoms with Gasteiger partial charge in [0.1, 0.15) is 0 Å². The normalized spacial score (nSPS) is 16.7. The molecule has 1 aliphatic rings. The van der Waals surface area contributed by atoms with E-state index in [1.807, 2.05) is 6.07 Å².